The summed E-state index contributed by atoms with van der Waals surface area (Å²) in [6.07, 6.45) is 0.112. The molecule has 1 aliphatic heterocycles. The predicted octanol–water partition coefficient (Wildman–Crippen LogP) is 4.82. The molecule has 2 aromatic heterocycles. The summed E-state index contributed by atoms with van der Waals surface area (Å²) in [6, 6.07) is 9.52. The molecule has 1 amide bonds. The summed E-state index contributed by atoms with van der Waals surface area (Å²) < 4.78 is 2.28. The molecule has 3 heterocycles. The summed E-state index contributed by atoms with van der Waals surface area (Å²) in [6.45, 7) is 5.91. The maximum absolute atomic E-state index is 13.1. The van der Waals surface area contributed by atoms with Gasteiger partial charge in [0.1, 0.15) is 5.82 Å². The van der Waals surface area contributed by atoms with Crippen molar-refractivity contribution in [2.45, 2.75) is 33.1 Å². The first kappa shape index (κ1) is 17.9. The van der Waals surface area contributed by atoms with Gasteiger partial charge >= 0.3 is 0 Å². The molecule has 4 rings (SSSR count). The fourth-order valence-corrected chi connectivity index (χ4v) is 4.69. The molecule has 7 heteroatoms. The van der Waals surface area contributed by atoms with E-state index in [4.69, 9.17) is 11.6 Å². The van der Waals surface area contributed by atoms with Crippen LogP contribution < -0.4 is 5.32 Å². The summed E-state index contributed by atoms with van der Waals surface area (Å²) in [5.41, 5.74) is 4.60. The number of benzene rings is 1. The highest BCUT2D eigenvalue weighted by Crippen LogP contribution is 2.39. The van der Waals surface area contributed by atoms with E-state index in [1.165, 1.54) is 11.3 Å². The summed E-state index contributed by atoms with van der Waals surface area (Å²) in [5, 5.41) is 7.55. The average molecular weight is 400 g/mol. The first-order valence-electron chi connectivity index (χ1n) is 8.61. The number of halogens is 1. The number of thiophene rings is 1. The monoisotopic (exact) mass is 399 g/mol. The molecule has 1 aromatic carbocycles. The van der Waals surface area contributed by atoms with E-state index < -0.39 is 5.92 Å². The lowest BCUT2D eigenvalue weighted by Gasteiger charge is -2.22. The van der Waals surface area contributed by atoms with E-state index in [0.717, 1.165) is 28.1 Å². The van der Waals surface area contributed by atoms with Crippen LogP contribution in [0.3, 0.4) is 0 Å². The lowest BCUT2D eigenvalue weighted by molar-refractivity contribution is -0.116. The normalized spacial score (nSPS) is 16.1. The molecule has 0 bridgehead atoms. The molecule has 1 atom stereocenters. The SMILES string of the molecule is Cc1cc(C)cc(-n2nc(C)c3c2NC(=O)C[C@H]3C(=O)c2ccc(Cl)s2)c1. The molecule has 1 N–H and O–H groups in total. The zero-order valence-corrected chi connectivity index (χ0v) is 16.7. The fraction of sp³-hybridized carbons (Fsp3) is 0.250. The van der Waals surface area contributed by atoms with Crippen molar-refractivity contribution in [2.75, 3.05) is 5.32 Å². The van der Waals surface area contributed by atoms with Crippen LogP contribution in [0.4, 0.5) is 5.82 Å². The lowest BCUT2D eigenvalue weighted by Crippen LogP contribution is -2.28. The average Bonchev–Trinajstić information content (AvgIpc) is 3.16. The molecule has 0 saturated heterocycles. The number of hydrogen-bond acceptors (Lipinski definition) is 4. The van der Waals surface area contributed by atoms with Gasteiger partial charge in [-0.2, -0.15) is 5.10 Å². The van der Waals surface area contributed by atoms with Crippen LogP contribution in [0.5, 0.6) is 0 Å². The first-order chi connectivity index (χ1) is 12.8. The fourth-order valence-electron chi connectivity index (χ4n) is 3.65. The molecule has 3 aromatic rings. The molecule has 1 aliphatic rings. The third-order valence-electron chi connectivity index (χ3n) is 4.69. The van der Waals surface area contributed by atoms with Gasteiger partial charge in [-0.15, -0.1) is 11.3 Å². The molecule has 0 aliphatic carbocycles. The van der Waals surface area contributed by atoms with E-state index >= 15 is 0 Å². The Morgan fingerprint density at radius 2 is 1.93 bits per heavy atom. The Labute approximate surface area is 166 Å². The molecular formula is C20H18ClN3O2S. The number of nitrogens with zero attached hydrogens (tertiary/aromatic N) is 2. The summed E-state index contributed by atoms with van der Waals surface area (Å²) in [5.74, 6) is -0.252. The van der Waals surface area contributed by atoms with Gasteiger partial charge in [-0.3, -0.25) is 9.59 Å². The van der Waals surface area contributed by atoms with E-state index in [9.17, 15) is 9.59 Å². The van der Waals surface area contributed by atoms with E-state index in [-0.39, 0.29) is 18.1 Å². The van der Waals surface area contributed by atoms with Crippen molar-refractivity contribution in [3.8, 4) is 5.69 Å². The minimum atomic E-state index is -0.553. The highest BCUT2D eigenvalue weighted by molar-refractivity contribution is 7.18. The van der Waals surface area contributed by atoms with Crippen LogP contribution >= 0.6 is 22.9 Å². The van der Waals surface area contributed by atoms with Crippen molar-refractivity contribution >= 4 is 40.4 Å². The van der Waals surface area contributed by atoms with Crippen molar-refractivity contribution in [1.29, 1.82) is 0 Å². The molecule has 0 radical (unpaired) electrons. The quantitative estimate of drug-likeness (QED) is 0.642. The molecule has 0 spiro atoms. The predicted molar refractivity (Wildman–Crippen MR) is 107 cm³/mol. The van der Waals surface area contributed by atoms with Gasteiger partial charge in [0.25, 0.3) is 0 Å². The molecule has 138 valence electrons. The van der Waals surface area contributed by atoms with Crippen molar-refractivity contribution in [2.24, 2.45) is 0 Å². The van der Waals surface area contributed by atoms with Crippen LogP contribution in [0.25, 0.3) is 5.69 Å². The number of carbonyl (C=O) groups is 2. The third-order valence-corrected chi connectivity index (χ3v) is 5.93. The second-order valence-electron chi connectivity index (χ2n) is 6.88. The zero-order chi connectivity index (χ0) is 19.3. The Kier molecular flexibility index (Phi) is 4.40. The van der Waals surface area contributed by atoms with Crippen LogP contribution in [0, 0.1) is 20.8 Å². The Morgan fingerprint density at radius 1 is 1.22 bits per heavy atom. The number of anilines is 1. The number of Topliss-reactive ketones (excluding diaryl/α,β-unsaturated/α-hetero) is 1. The summed E-state index contributed by atoms with van der Waals surface area (Å²) >= 11 is 7.22. The Hall–Kier alpha value is -2.44. The minimum Gasteiger partial charge on any atom is -0.310 e. The van der Waals surface area contributed by atoms with E-state index in [1.807, 2.05) is 32.9 Å². The van der Waals surface area contributed by atoms with Crippen molar-refractivity contribution in [3.63, 3.8) is 0 Å². The third kappa shape index (κ3) is 3.19. The second-order valence-corrected chi connectivity index (χ2v) is 8.59. The summed E-state index contributed by atoms with van der Waals surface area (Å²) in [4.78, 5) is 26.0. The first-order valence-corrected chi connectivity index (χ1v) is 9.80. The van der Waals surface area contributed by atoms with Crippen LogP contribution in [-0.4, -0.2) is 21.5 Å². The lowest BCUT2D eigenvalue weighted by atomic mass is 9.87. The number of ketones is 1. The Morgan fingerprint density at radius 3 is 2.56 bits per heavy atom. The second kappa shape index (κ2) is 6.62. The van der Waals surface area contributed by atoms with Gasteiger partial charge in [0, 0.05) is 12.0 Å². The highest BCUT2D eigenvalue weighted by Gasteiger charge is 2.36. The van der Waals surface area contributed by atoms with Gasteiger partial charge in [-0.1, -0.05) is 17.7 Å². The smallest absolute Gasteiger partial charge is 0.226 e. The zero-order valence-electron chi connectivity index (χ0n) is 15.2. The molecule has 5 nitrogen and oxygen atoms in total. The number of hydrogen-bond donors (Lipinski definition) is 1. The molecular weight excluding hydrogens is 382 g/mol. The molecule has 0 fully saturated rings. The Bertz CT molecular complexity index is 1060. The number of fused-ring (bicyclic) bond motifs is 1. The van der Waals surface area contributed by atoms with Crippen LogP contribution in [0.15, 0.2) is 30.3 Å². The standard InChI is InChI=1S/C20H18ClN3O2S/c1-10-6-11(2)8-13(7-10)24-20-18(12(3)23-24)14(9-17(25)22-20)19(26)15-4-5-16(21)27-15/h4-8,14H,9H2,1-3H3,(H,22,25)/t14-/m1/s1. The van der Waals surface area contributed by atoms with Gasteiger partial charge in [-0.05, 0) is 56.2 Å². The maximum Gasteiger partial charge on any atom is 0.226 e. The topological polar surface area (TPSA) is 64.0 Å². The number of carbonyl (C=O) groups excluding carboxylic acids is 2. The molecule has 0 unspecified atom stereocenters. The number of rotatable bonds is 3. The van der Waals surface area contributed by atoms with E-state index in [0.29, 0.717) is 15.0 Å². The maximum atomic E-state index is 13.1. The van der Waals surface area contributed by atoms with Gasteiger partial charge in [0.05, 0.1) is 26.5 Å². The van der Waals surface area contributed by atoms with Gasteiger partial charge in [0.2, 0.25) is 5.91 Å². The van der Waals surface area contributed by atoms with Gasteiger partial charge in [0.15, 0.2) is 5.78 Å². The van der Waals surface area contributed by atoms with Gasteiger partial charge < -0.3 is 5.32 Å². The van der Waals surface area contributed by atoms with E-state index in [2.05, 4.69) is 16.5 Å². The highest BCUT2D eigenvalue weighted by atomic mass is 35.5. The minimum absolute atomic E-state index is 0.0916. The molecule has 0 saturated carbocycles. The number of nitrogens with one attached hydrogen (secondary N) is 1. The number of amides is 1. The van der Waals surface area contributed by atoms with Gasteiger partial charge in [-0.25, -0.2) is 4.68 Å². The van der Waals surface area contributed by atoms with Crippen molar-refractivity contribution in [3.05, 3.63) is 61.9 Å². The van der Waals surface area contributed by atoms with Crippen molar-refractivity contribution < 1.29 is 9.59 Å². The largest absolute Gasteiger partial charge is 0.310 e. The molecule has 27 heavy (non-hydrogen) atoms. The Balaban J connectivity index is 1.84. The van der Waals surface area contributed by atoms with Crippen LogP contribution in [0.2, 0.25) is 4.34 Å². The van der Waals surface area contributed by atoms with E-state index in [1.54, 1.807) is 16.8 Å². The van der Waals surface area contributed by atoms with Crippen LogP contribution in [-0.2, 0) is 4.79 Å². The van der Waals surface area contributed by atoms with Crippen molar-refractivity contribution in [1.82, 2.24) is 9.78 Å². The number of aryl methyl sites for hydroxylation is 3. The summed E-state index contributed by atoms with van der Waals surface area (Å²) in [7, 11) is 0. The van der Waals surface area contributed by atoms with Crippen LogP contribution in [0.1, 0.15) is 44.4 Å². The number of aromatic nitrogens is 2.